The molecule has 0 aromatic heterocycles. The van der Waals surface area contributed by atoms with Gasteiger partial charge >= 0.3 is 0 Å². The summed E-state index contributed by atoms with van der Waals surface area (Å²) in [7, 11) is 1.70. The smallest absolute Gasteiger partial charge is 0.126 e. The molecule has 3 heteroatoms. The Labute approximate surface area is 128 Å². The topological polar surface area (TPSA) is 44.5 Å². The number of hydrogen-bond acceptors (Lipinski definition) is 3. The van der Waals surface area contributed by atoms with Crippen LogP contribution in [-0.2, 0) is 6.42 Å². The van der Waals surface area contributed by atoms with E-state index in [1.165, 1.54) is 31.2 Å². The Kier molecular flexibility index (Phi) is 6.37. The first-order valence-electron chi connectivity index (χ1n) is 8.32. The fraction of sp³-hybridized carbons (Fsp3) is 0.667. The van der Waals surface area contributed by atoms with Crippen molar-refractivity contribution in [1.82, 2.24) is 0 Å². The Morgan fingerprint density at radius 3 is 2.52 bits per heavy atom. The van der Waals surface area contributed by atoms with Crippen molar-refractivity contribution in [2.45, 2.75) is 70.4 Å². The van der Waals surface area contributed by atoms with Crippen LogP contribution in [-0.4, -0.2) is 19.3 Å². The molecule has 21 heavy (non-hydrogen) atoms. The highest BCUT2D eigenvalue weighted by Gasteiger charge is 2.17. The lowest BCUT2D eigenvalue weighted by atomic mass is 10.0. The fourth-order valence-electron chi connectivity index (χ4n) is 2.91. The van der Waals surface area contributed by atoms with E-state index < -0.39 is 0 Å². The van der Waals surface area contributed by atoms with Crippen LogP contribution in [0, 0.1) is 0 Å². The molecule has 1 aromatic carbocycles. The first kappa shape index (κ1) is 16.2. The molecule has 1 unspecified atom stereocenters. The molecule has 1 aliphatic rings. The van der Waals surface area contributed by atoms with E-state index in [4.69, 9.17) is 15.2 Å². The standard InChI is InChI=1S/C18H29NO2/c1-3-15(19)12-14-10-11-17(20-2)13-18(14)21-16-8-6-4-5-7-9-16/h10-11,13,15-16H,3-9,12,19H2,1-2H3. The van der Waals surface area contributed by atoms with Crippen LogP contribution in [0.4, 0.5) is 0 Å². The molecule has 1 atom stereocenters. The van der Waals surface area contributed by atoms with Crippen LogP contribution in [0.1, 0.15) is 57.4 Å². The van der Waals surface area contributed by atoms with Crippen LogP contribution < -0.4 is 15.2 Å². The molecule has 2 rings (SSSR count). The predicted molar refractivity (Wildman–Crippen MR) is 87.1 cm³/mol. The number of nitrogens with two attached hydrogens (primary N) is 1. The summed E-state index contributed by atoms with van der Waals surface area (Å²) in [5.41, 5.74) is 7.32. The minimum atomic E-state index is 0.190. The van der Waals surface area contributed by atoms with Gasteiger partial charge in [0.1, 0.15) is 11.5 Å². The molecule has 3 nitrogen and oxygen atoms in total. The van der Waals surface area contributed by atoms with Crippen molar-refractivity contribution in [3.05, 3.63) is 23.8 Å². The van der Waals surface area contributed by atoms with Gasteiger partial charge in [-0.15, -0.1) is 0 Å². The average molecular weight is 291 g/mol. The van der Waals surface area contributed by atoms with Gasteiger partial charge in [0.2, 0.25) is 0 Å². The summed E-state index contributed by atoms with van der Waals surface area (Å²) in [6.07, 6.45) is 9.74. The quantitative estimate of drug-likeness (QED) is 0.803. The van der Waals surface area contributed by atoms with Crippen molar-refractivity contribution in [3.63, 3.8) is 0 Å². The predicted octanol–water partition coefficient (Wildman–Crippen LogP) is 4.08. The second-order valence-corrected chi connectivity index (χ2v) is 6.08. The van der Waals surface area contributed by atoms with Gasteiger partial charge in [0.15, 0.2) is 0 Å². The third kappa shape index (κ3) is 4.92. The number of ether oxygens (including phenoxy) is 2. The van der Waals surface area contributed by atoms with Crippen LogP contribution in [0.25, 0.3) is 0 Å². The maximum atomic E-state index is 6.32. The molecule has 1 saturated carbocycles. The highest BCUT2D eigenvalue weighted by atomic mass is 16.5. The number of rotatable bonds is 6. The highest BCUT2D eigenvalue weighted by Crippen LogP contribution is 2.30. The molecule has 0 bridgehead atoms. The molecule has 0 saturated heterocycles. The van der Waals surface area contributed by atoms with Crippen LogP contribution in [0.5, 0.6) is 11.5 Å². The van der Waals surface area contributed by atoms with Gasteiger partial charge in [0.05, 0.1) is 13.2 Å². The molecular formula is C18H29NO2. The molecule has 2 N–H and O–H groups in total. The first-order chi connectivity index (χ1) is 10.2. The third-order valence-corrected chi connectivity index (χ3v) is 4.38. The lowest BCUT2D eigenvalue weighted by Crippen LogP contribution is -2.23. The molecule has 0 spiro atoms. The van der Waals surface area contributed by atoms with Crippen LogP contribution in [0.3, 0.4) is 0 Å². The van der Waals surface area contributed by atoms with E-state index in [1.807, 2.05) is 12.1 Å². The van der Waals surface area contributed by atoms with Crippen LogP contribution >= 0.6 is 0 Å². The van der Waals surface area contributed by atoms with Gasteiger partial charge in [-0.3, -0.25) is 0 Å². The number of methoxy groups -OCH3 is 1. The molecule has 1 fully saturated rings. The molecule has 0 heterocycles. The van der Waals surface area contributed by atoms with Gasteiger partial charge in [-0.25, -0.2) is 0 Å². The van der Waals surface area contributed by atoms with Gasteiger partial charge in [-0.2, -0.15) is 0 Å². The van der Waals surface area contributed by atoms with Crippen molar-refractivity contribution in [1.29, 1.82) is 0 Å². The van der Waals surface area contributed by atoms with Crippen LogP contribution in [0.2, 0.25) is 0 Å². The van der Waals surface area contributed by atoms with E-state index >= 15 is 0 Å². The summed E-state index contributed by atoms with van der Waals surface area (Å²) in [4.78, 5) is 0. The lowest BCUT2D eigenvalue weighted by Gasteiger charge is -2.21. The lowest BCUT2D eigenvalue weighted by molar-refractivity contribution is 0.181. The Balaban J connectivity index is 2.13. The van der Waals surface area contributed by atoms with E-state index in [0.29, 0.717) is 6.10 Å². The molecular weight excluding hydrogens is 262 g/mol. The summed E-state index contributed by atoms with van der Waals surface area (Å²) in [6, 6.07) is 6.30. The number of benzene rings is 1. The summed E-state index contributed by atoms with van der Waals surface area (Å²) in [6.45, 7) is 2.13. The van der Waals surface area contributed by atoms with E-state index in [0.717, 1.165) is 37.2 Å². The minimum absolute atomic E-state index is 0.190. The zero-order valence-electron chi connectivity index (χ0n) is 13.4. The maximum absolute atomic E-state index is 6.32. The molecule has 1 aliphatic carbocycles. The zero-order chi connectivity index (χ0) is 15.1. The van der Waals surface area contributed by atoms with Crippen molar-refractivity contribution >= 4 is 0 Å². The second-order valence-electron chi connectivity index (χ2n) is 6.08. The normalized spacial score (nSPS) is 18.0. The van der Waals surface area contributed by atoms with Crippen molar-refractivity contribution in [3.8, 4) is 11.5 Å². The molecule has 118 valence electrons. The molecule has 1 aromatic rings. The number of hydrogen-bond donors (Lipinski definition) is 1. The Bertz CT molecular complexity index is 425. The van der Waals surface area contributed by atoms with Crippen molar-refractivity contribution in [2.24, 2.45) is 5.73 Å². The largest absolute Gasteiger partial charge is 0.497 e. The third-order valence-electron chi connectivity index (χ3n) is 4.38. The van der Waals surface area contributed by atoms with E-state index in [-0.39, 0.29) is 6.04 Å². The summed E-state index contributed by atoms with van der Waals surface area (Å²) in [5.74, 6) is 1.82. The van der Waals surface area contributed by atoms with E-state index in [9.17, 15) is 0 Å². The Morgan fingerprint density at radius 2 is 1.90 bits per heavy atom. The van der Waals surface area contributed by atoms with Gasteiger partial charge in [0, 0.05) is 12.1 Å². The van der Waals surface area contributed by atoms with Crippen molar-refractivity contribution < 1.29 is 9.47 Å². The Hall–Kier alpha value is -1.22. The second kappa shape index (κ2) is 8.28. The first-order valence-corrected chi connectivity index (χ1v) is 8.32. The fourth-order valence-corrected chi connectivity index (χ4v) is 2.91. The SMILES string of the molecule is CCC(N)Cc1ccc(OC)cc1OC1CCCCCC1. The zero-order valence-corrected chi connectivity index (χ0v) is 13.4. The average Bonchev–Trinajstić information content (AvgIpc) is 2.77. The van der Waals surface area contributed by atoms with E-state index in [2.05, 4.69) is 13.0 Å². The molecule has 0 amide bonds. The van der Waals surface area contributed by atoms with Gasteiger partial charge in [-0.1, -0.05) is 25.8 Å². The van der Waals surface area contributed by atoms with Crippen molar-refractivity contribution in [2.75, 3.05) is 7.11 Å². The van der Waals surface area contributed by atoms with Gasteiger partial charge in [-0.05, 0) is 50.2 Å². The maximum Gasteiger partial charge on any atom is 0.126 e. The summed E-state index contributed by atoms with van der Waals surface area (Å²) < 4.78 is 11.7. The van der Waals surface area contributed by atoms with E-state index in [1.54, 1.807) is 7.11 Å². The van der Waals surface area contributed by atoms with Crippen LogP contribution in [0.15, 0.2) is 18.2 Å². The van der Waals surface area contributed by atoms with Gasteiger partial charge in [0.25, 0.3) is 0 Å². The molecule has 0 radical (unpaired) electrons. The summed E-state index contributed by atoms with van der Waals surface area (Å²) in [5, 5.41) is 0. The summed E-state index contributed by atoms with van der Waals surface area (Å²) >= 11 is 0. The molecule has 0 aliphatic heterocycles. The highest BCUT2D eigenvalue weighted by molar-refractivity contribution is 5.41. The van der Waals surface area contributed by atoms with Gasteiger partial charge < -0.3 is 15.2 Å². The Morgan fingerprint density at radius 1 is 1.19 bits per heavy atom. The minimum Gasteiger partial charge on any atom is -0.497 e. The monoisotopic (exact) mass is 291 g/mol.